The number of hydrogen-bond acceptors (Lipinski definition) is 7. The van der Waals surface area contributed by atoms with Crippen LogP contribution in [-0.4, -0.2) is 46.7 Å². The molecule has 6 rings (SSSR count). The SMILES string of the molecule is COc1nc(-c2cccc(-c3cccc(NC(=O)c4cc(Cl)n[nH]c4=O)c3C)c2Cl)cc2c1C(NCC1CCC(=O)N1)CC2. The van der Waals surface area contributed by atoms with Crippen LogP contribution in [0.4, 0.5) is 5.69 Å². The number of anilines is 1. The number of nitrogens with zero attached hydrogens (tertiary/aromatic N) is 2. The molecule has 0 radical (unpaired) electrons. The second-order valence-corrected chi connectivity index (χ2v) is 11.7. The molecule has 4 aromatic rings. The van der Waals surface area contributed by atoms with Crippen LogP contribution in [-0.2, 0) is 11.2 Å². The molecule has 226 valence electrons. The topological polar surface area (TPSA) is 138 Å². The minimum atomic E-state index is -0.641. The number of halogens is 2. The predicted octanol–water partition coefficient (Wildman–Crippen LogP) is 5.23. The first-order valence-electron chi connectivity index (χ1n) is 14.3. The number of pyridine rings is 1. The van der Waals surface area contributed by atoms with Crippen LogP contribution < -0.4 is 26.2 Å². The fraction of sp³-hybridized carbons (Fsp3) is 0.281. The van der Waals surface area contributed by atoms with E-state index in [1.54, 1.807) is 13.2 Å². The van der Waals surface area contributed by atoms with Gasteiger partial charge in [0.2, 0.25) is 11.8 Å². The smallest absolute Gasteiger partial charge is 0.277 e. The molecule has 0 bridgehead atoms. The largest absolute Gasteiger partial charge is 0.481 e. The highest BCUT2D eigenvalue weighted by molar-refractivity contribution is 6.36. The maximum Gasteiger partial charge on any atom is 0.277 e. The number of amides is 2. The lowest BCUT2D eigenvalue weighted by Gasteiger charge is -2.20. The summed E-state index contributed by atoms with van der Waals surface area (Å²) < 4.78 is 5.78. The molecule has 1 aliphatic carbocycles. The number of nitrogens with one attached hydrogen (secondary N) is 4. The first-order valence-corrected chi connectivity index (χ1v) is 15.0. The summed E-state index contributed by atoms with van der Waals surface area (Å²) in [7, 11) is 1.62. The number of aryl methyl sites for hydroxylation is 1. The number of ether oxygens (including phenoxy) is 1. The van der Waals surface area contributed by atoms with Crippen molar-refractivity contribution in [3.63, 3.8) is 0 Å². The van der Waals surface area contributed by atoms with E-state index < -0.39 is 11.5 Å². The number of aromatic nitrogens is 3. The van der Waals surface area contributed by atoms with Gasteiger partial charge in [-0.2, -0.15) is 5.10 Å². The number of carbonyl (C=O) groups is 2. The van der Waals surface area contributed by atoms with Crippen molar-refractivity contribution in [1.82, 2.24) is 25.8 Å². The summed E-state index contributed by atoms with van der Waals surface area (Å²) in [5.74, 6) is 0.0487. The van der Waals surface area contributed by atoms with E-state index in [4.69, 9.17) is 32.9 Å². The second-order valence-electron chi connectivity index (χ2n) is 10.9. The third-order valence-electron chi connectivity index (χ3n) is 8.21. The van der Waals surface area contributed by atoms with Gasteiger partial charge in [-0.05, 0) is 61.1 Å². The molecule has 4 N–H and O–H groups in total. The molecule has 3 heterocycles. The zero-order valence-corrected chi connectivity index (χ0v) is 25.6. The monoisotopic (exact) mass is 632 g/mol. The summed E-state index contributed by atoms with van der Waals surface area (Å²) in [5.41, 5.74) is 5.73. The van der Waals surface area contributed by atoms with Gasteiger partial charge in [-0.25, -0.2) is 10.1 Å². The Morgan fingerprint density at radius 2 is 1.82 bits per heavy atom. The summed E-state index contributed by atoms with van der Waals surface area (Å²) in [5, 5.41) is 15.7. The molecular formula is C32H30Cl2N6O4. The quantitative estimate of drug-likeness (QED) is 0.209. The maximum absolute atomic E-state index is 12.9. The Balaban J connectivity index is 1.29. The van der Waals surface area contributed by atoms with Crippen LogP contribution in [0.2, 0.25) is 10.2 Å². The zero-order valence-electron chi connectivity index (χ0n) is 24.1. The van der Waals surface area contributed by atoms with Gasteiger partial charge in [0.15, 0.2) is 0 Å². The molecule has 1 fully saturated rings. The summed E-state index contributed by atoms with van der Waals surface area (Å²) in [6.07, 6.45) is 3.17. The molecule has 10 nitrogen and oxygen atoms in total. The first-order chi connectivity index (χ1) is 21.2. The second kappa shape index (κ2) is 12.4. The van der Waals surface area contributed by atoms with E-state index in [9.17, 15) is 14.4 Å². The number of benzene rings is 2. The normalized spacial score (nSPS) is 17.3. The number of rotatable bonds is 8. The van der Waals surface area contributed by atoms with E-state index in [1.807, 2.05) is 37.3 Å². The van der Waals surface area contributed by atoms with Gasteiger partial charge in [-0.3, -0.25) is 14.4 Å². The molecule has 2 aromatic heterocycles. The van der Waals surface area contributed by atoms with Crippen LogP contribution >= 0.6 is 23.2 Å². The summed E-state index contributed by atoms with van der Waals surface area (Å²) in [4.78, 5) is 41.5. The Morgan fingerprint density at radius 3 is 2.59 bits per heavy atom. The van der Waals surface area contributed by atoms with Crippen LogP contribution in [0.5, 0.6) is 5.88 Å². The Bertz CT molecular complexity index is 1840. The molecule has 0 spiro atoms. The highest BCUT2D eigenvalue weighted by atomic mass is 35.5. The van der Waals surface area contributed by atoms with Gasteiger partial charge in [0, 0.05) is 47.4 Å². The fourth-order valence-electron chi connectivity index (χ4n) is 5.96. The lowest BCUT2D eigenvalue weighted by Crippen LogP contribution is -2.36. The lowest BCUT2D eigenvalue weighted by molar-refractivity contribution is -0.119. The Kier molecular flexibility index (Phi) is 8.40. The van der Waals surface area contributed by atoms with Gasteiger partial charge in [-0.1, -0.05) is 53.5 Å². The van der Waals surface area contributed by atoms with E-state index in [1.165, 1.54) is 6.07 Å². The molecule has 1 aliphatic heterocycles. The van der Waals surface area contributed by atoms with Crippen molar-refractivity contribution in [3.05, 3.63) is 91.3 Å². The van der Waals surface area contributed by atoms with Crippen molar-refractivity contribution in [2.24, 2.45) is 0 Å². The highest BCUT2D eigenvalue weighted by Gasteiger charge is 2.30. The minimum absolute atomic E-state index is 0.00598. The number of methoxy groups -OCH3 is 1. The molecule has 2 aliphatic rings. The minimum Gasteiger partial charge on any atom is -0.481 e. The Morgan fingerprint density at radius 1 is 1.05 bits per heavy atom. The molecule has 1 saturated heterocycles. The average molecular weight is 634 g/mol. The van der Waals surface area contributed by atoms with Gasteiger partial charge in [-0.15, -0.1) is 0 Å². The number of aromatic amines is 1. The average Bonchev–Trinajstić information content (AvgIpc) is 3.63. The lowest BCUT2D eigenvalue weighted by atomic mass is 9.96. The van der Waals surface area contributed by atoms with Crippen LogP contribution in [0.3, 0.4) is 0 Å². The number of fused-ring (bicyclic) bond motifs is 1. The third kappa shape index (κ3) is 5.80. The third-order valence-corrected chi connectivity index (χ3v) is 8.81. The van der Waals surface area contributed by atoms with E-state index in [2.05, 4.69) is 32.2 Å². The molecular weight excluding hydrogens is 603 g/mol. The summed E-state index contributed by atoms with van der Waals surface area (Å²) in [6, 6.07) is 14.8. The van der Waals surface area contributed by atoms with Crippen LogP contribution in [0.15, 0.2) is 53.3 Å². The van der Waals surface area contributed by atoms with Crippen LogP contribution in [0, 0.1) is 6.92 Å². The highest BCUT2D eigenvalue weighted by Crippen LogP contribution is 2.43. The van der Waals surface area contributed by atoms with Crippen molar-refractivity contribution in [1.29, 1.82) is 0 Å². The van der Waals surface area contributed by atoms with Crippen molar-refractivity contribution in [3.8, 4) is 28.3 Å². The van der Waals surface area contributed by atoms with Gasteiger partial charge in [0.1, 0.15) is 10.7 Å². The molecule has 12 heteroatoms. The van der Waals surface area contributed by atoms with Crippen molar-refractivity contribution < 1.29 is 14.3 Å². The predicted molar refractivity (Wildman–Crippen MR) is 169 cm³/mol. The first kappa shape index (κ1) is 29.8. The van der Waals surface area contributed by atoms with E-state index >= 15 is 0 Å². The fourth-order valence-corrected chi connectivity index (χ4v) is 6.43. The van der Waals surface area contributed by atoms with E-state index in [0.29, 0.717) is 35.2 Å². The number of hydrogen-bond donors (Lipinski definition) is 4. The molecule has 2 unspecified atom stereocenters. The summed E-state index contributed by atoms with van der Waals surface area (Å²) in [6.45, 7) is 2.57. The maximum atomic E-state index is 12.9. The number of H-pyrrole nitrogens is 1. The van der Waals surface area contributed by atoms with Gasteiger partial charge < -0.3 is 20.7 Å². The van der Waals surface area contributed by atoms with Gasteiger partial charge in [0.25, 0.3) is 11.5 Å². The van der Waals surface area contributed by atoms with Crippen LogP contribution in [0.25, 0.3) is 22.4 Å². The van der Waals surface area contributed by atoms with Crippen molar-refractivity contribution in [2.45, 2.75) is 44.7 Å². The number of carbonyl (C=O) groups excluding carboxylic acids is 2. The van der Waals surface area contributed by atoms with E-state index in [0.717, 1.165) is 52.6 Å². The Labute approximate surface area is 263 Å². The van der Waals surface area contributed by atoms with Crippen LogP contribution in [0.1, 0.15) is 52.4 Å². The molecule has 0 saturated carbocycles. The molecule has 2 atom stereocenters. The standard InChI is InChI=1S/C32H30Cl2N6O4/c1-16-19(5-4-8-23(16)37-30(42)22-14-26(33)39-40-31(22)43)20-6-3-7-21(29(20)34)25-13-17-9-11-24(28(17)32(38-25)44-2)35-15-18-10-12-27(41)36-18/h3-8,13-14,18,24,35H,9-12,15H2,1-2H3,(H,36,41)(H,37,42)(H,40,43). The van der Waals surface area contributed by atoms with Gasteiger partial charge >= 0.3 is 0 Å². The molecule has 44 heavy (non-hydrogen) atoms. The summed E-state index contributed by atoms with van der Waals surface area (Å²) >= 11 is 12.9. The van der Waals surface area contributed by atoms with Gasteiger partial charge in [0.05, 0.1) is 17.8 Å². The van der Waals surface area contributed by atoms with Crippen molar-refractivity contribution >= 4 is 40.7 Å². The zero-order chi connectivity index (χ0) is 31.0. The molecule has 2 amide bonds. The Hall–Kier alpha value is -4.25. The van der Waals surface area contributed by atoms with Crippen molar-refractivity contribution in [2.75, 3.05) is 19.0 Å². The van der Waals surface area contributed by atoms with E-state index in [-0.39, 0.29) is 28.7 Å². The molecule has 2 aromatic carbocycles.